The van der Waals surface area contributed by atoms with Gasteiger partial charge in [0, 0.05) is 12.0 Å². The first kappa shape index (κ1) is 30.0. The van der Waals surface area contributed by atoms with E-state index in [1.807, 2.05) is 60.7 Å². The SMILES string of the molecule is CC1C(N)CCC2(C)C1CCC1(C)C3CCC4(C)CCC(C(=O)OC(c5ccccc5)c5ccccc5)CC4C3=CC(=O)C12. The van der Waals surface area contributed by atoms with E-state index in [1.54, 1.807) is 0 Å². The number of rotatable bonds is 4. The lowest BCUT2D eigenvalue weighted by Gasteiger charge is -2.65. The minimum atomic E-state index is -0.422. The highest BCUT2D eigenvalue weighted by Gasteiger charge is 2.64. The molecule has 5 aliphatic rings. The molecular formula is C40H51NO3. The molecule has 2 N–H and O–H groups in total. The second kappa shape index (κ2) is 11.0. The minimum absolute atomic E-state index is 0.0188. The lowest BCUT2D eigenvalue weighted by atomic mass is 9.38. The Hall–Kier alpha value is -2.72. The van der Waals surface area contributed by atoms with E-state index in [0.717, 1.165) is 56.1 Å². The Bertz CT molecular complexity index is 1400. The third kappa shape index (κ3) is 4.65. The van der Waals surface area contributed by atoms with Crippen molar-refractivity contribution in [1.29, 1.82) is 0 Å². The molecule has 0 aliphatic heterocycles. The van der Waals surface area contributed by atoms with Crippen molar-refractivity contribution in [2.24, 2.45) is 57.5 Å². The van der Waals surface area contributed by atoms with Gasteiger partial charge in [0.05, 0.1) is 5.92 Å². The number of benzene rings is 2. The first-order valence-electron chi connectivity index (χ1n) is 17.4. The number of carbonyl (C=O) groups is 2. The van der Waals surface area contributed by atoms with Gasteiger partial charge < -0.3 is 10.5 Å². The first-order valence-corrected chi connectivity index (χ1v) is 17.4. The van der Waals surface area contributed by atoms with Gasteiger partial charge in [-0.25, -0.2) is 0 Å². The van der Waals surface area contributed by atoms with Crippen LogP contribution in [0.2, 0.25) is 0 Å². The van der Waals surface area contributed by atoms with Crippen molar-refractivity contribution in [3.63, 3.8) is 0 Å². The van der Waals surface area contributed by atoms with E-state index < -0.39 is 6.10 Å². The molecule has 0 radical (unpaired) electrons. The molecule has 7 rings (SSSR count). The Labute approximate surface area is 264 Å². The molecule has 2 aromatic rings. The summed E-state index contributed by atoms with van der Waals surface area (Å²) < 4.78 is 6.39. The maximum atomic E-state index is 14.4. The van der Waals surface area contributed by atoms with Gasteiger partial charge in [-0.1, -0.05) is 93.9 Å². The third-order valence-electron chi connectivity index (χ3n) is 13.9. The topological polar surface area (TPSA) is 69.4 Å². The molecule has 4 heteroatoms. The number of ketones is 1. The Kier molecular flexibility index (Phi) is 7.47. The van der Waals surface area contributed by atoms with E-state index >= 15 is 0 Å². The van der Waals surface area contributed by atoms with Gasteiger partial charge in [-0.3, -0.25) is 9.59 Å². The monoisotopic (exact) mass is 593 g/mol. The van der Waals surface area contributed by atoms with Gasteiger partial charge in [-0.15, -0.1) is 0 Å². The zero-order valence-corrected chi connectivity index (χ0v) is 27.1. The van der Waals surface area contributed by atoms with E-state index in [-0.39, 0.29) is 46.0 Å². The van der Waals surface area contributed by atoms with Gasteiger partial charge in [0.1, 0.15) is 0 Å². The van der Waals surface area contributed by atoms with Crippen LogP contribution in [0.4, 0.5) is 0 Å². The van der Waals surface area contributed by atoms with Crippen molar-refractivity contribution in [2.75, 3.05) is 0 Å². The van der Waals surface area contributed by atoms with Crippen LogP contribution in [0, 0.1) is 51.8 Å². The molecule has 44 heavy (non-hydrogen) atoms. The summed E-state index contributed by atoms with van der Waals surface area (Å²) in [6.45, 7) is 9.63. The predicted molar refractivity (Wildman–Crippen MR) is 174 cm³/mol. The number of fused-ring (bicyclic) bond motifs is 7. The average molecular weight is 594 g/mol. The van der Waals surface area contributed by atoms with Gasteiger partial charge in [0.25, 0.3) is 0 Å². The molecule has 10 unspecified atom stereocenters. The second-order valence-electron chi connectivity index (χ2n) is 16.1. The zero-order chi connectivity index (χ0) is 30.9. The van der Waals surface area contributed by atoms with Crippen molar-refractivity contribution in [3.05, 3.63) is 83.4 Å². The molecule has 0 bridgehead atoms. The molecule has 4 saturated carbocycles. The number of nitrogens with two attached hydrogens (primary N) is 1. The van der Waals surface area contributed by atoms with Gasteiger partial charge >= 0.3 is 5.97 Å². The van der Waals surface area contributed by atoms with E-state index in [9.17, 15) is 9.59 Å². The molecule has 0 heterocycles. The van der Waals surface area contributed by atoms with Crippen molar-refractivity contribution in [3.8, 4) is 0 Å². The Morgan fingerprint density at radius 3 is 2.09 bits per heavy atom. The van der Waals surface area contributed by atoms with Crippen LogP contribution in [0.1, 0.15) is 103 Å². The largest absolute Gasteiger partial charge is 0.452 e. The third-order valence-corrected chi connectivity index (χ3v) is 13.9. The summed E-state index contributed by atoms with van der Waals surface area (Å²) >= 11 is 0. The van der Waals surface area contributed by atoms with Crippen LogP contribution in [-0.4, -0.2) is 17.8 Å². The first-order chi connectivity index (χ1) is 21.0. The number of ether oxygens (including phenoxy) is 1. The lowest BCUT2D eigenvalue weighted by Crippen LogP contribution is -2.62. The number of esters is 1. The fourth-order valence-corrected chi connectivity index (χ4v) is 11.4. The molecule has 0 saturated heterocycles. The lowest BCUT2D eigenvalue weighted by molar-refractivity contribution is -0.162. The maximum absolute atomic E-state index is 14.4. The predicted octanol–water partition coefficient (Wildman–Crippen LogP) is 8.46. The van der Waals surface area contributed by atoms with Crippen LogP contribution in [0.3, 0.4) is 0 Å². The quantitative estimate of drug-likeness (QED) is 0.361. The number of hydrogen-bond acceptors (Lipinski definition) is 4. The fraction of sp³-hybridized carbons (Fsp3) is 0.600. The van der Waals surface area contributed by atoms with E-state index in [4.69, 9.17) is 10.5 Å². The summed E-state index contributed by atoms with van der Waals surface area (Å²) in [5.74, 6) is 1.84. The average Bonchev–Trinajstić information content (AvgIpc) is 3.02. The van der Waals surface area contributed by atoms with Crippen LogP contribution < -0.4 is 5.73 Å². The molecule has 0 aromatic heterocycles. The molecule has 10 atom stereocenters. The summed E-state index contributed by atoms with van der Waals surface area (Å²) in [6.07, 6.45) is 11.0. The highest BCUT2D eigenvalue weighted by atomic mass is 16.5. The summed E-state index contributed by atoms with van der Waals surface area (Å²) in [7, 11) is 0. The van der Waals surface area contributed by atoms with Gasteiger partial charge in [0.2, 0.25) is 0 Å². The zero-order valence-electron chi connectivity index (χ0n) is 27.1. The van der Waals surface area contributed by atoms with Gasteiger partial charge in [0.15, 0.2) is 11.9 Å². The van der Waals surface area contributed by atoms with Crippen molar-refractivity contribution in [1.82, 2.24) is 0 Å². The molecule has 4 fully saturated rings. The van der Waals surface area contributed by atoms with E-state index in [1.165, 1.54) is 18.4 Å². The standard InChI is InChI=1S/C40H51NO3/c1-25-30-17-21-40(4)31-16-20-38(2)19-15-28(23-32(38)29(31)24-34(42)36(40)39(30,3)22-18-33(25)41)37(43)44-35(26-11-7-5-8-12-26)27-13-9-6-10-14-27/h5-14,24-25,28,30-33,35-36H,15-23,41H2,1-4H3. The van der Waals surface area contributed by atoms with Crippen molar-refractivity contribution in [2.45, 2.75) is 97.6 Å². The summed E-state index contributed by atoms with van der Waals surface area (Å²) in [5.41, 5.74) is 10.1. The molecule has 0 spiro atoms. The molecule has 5 aliphatic carbocycles. The van der Waals surface area contributed by atoms with E-state index in [0.29, 0.717) is 23.5 Å². The minimum Gasteiger partial charge on any atom is -0.452 e. The molecular weight excluding hydrogens is 542 g/mol. The number of carbonyl (C=O) groups excluding carboxylic acids is 2. The molecule has 2 aromatic carbocycles. The van der Waals surface area contributed by atoms with Crippen LogP contribution in [0.25, 0.3) is 0 Å². The highest BCUT2D eigenvalue weighted by Crippen LogP contribution is 2.69. The molecule has 0 amide bonds. The van der Waals surface area contributed by atoms with Crippen LogP contribution in [0.5, 0.6) is 0 Å². The summed E-state index contributed by atoms with van der Waals surface area (Å²) in [6, 6.07) is 20.4. The van der Waals surface area contributed by atoms with Gasteiger partial charge in [-0.05, 0) is 115 Å². The number of allylic oxidation sites excluding steroid dienone is 2. The van der Waals surface area contributed by atoms with Crippen LogP contribution in [-0.2, 0) is 14.3 Å². The normalized spacial score (nSPS) is 41.5. The summed E-state index contributed by atoms with van der Waals surface area (Å²) in [4.78, 5) is 28.4. The smallest absolute Gasteiger partial charge is 0.309 e. The summed E-state index contributed by atoms with van der Waals surface area (Å²) in [5, 5.41) is 0. The molecule has 234 valence electrons. The van der Waals surface area contributed by atoms with Crippen molar-refractivity contribution >= 4 is 11.8 Å². The Balaban J connectivity index is 1.17. The Morgan fingerprint density at radius 2 is 1.43 bits per heavy atom. The Morgan fingerprint density at radius 1 is 0.818 bits per heavy atom. The fourth-order valence-electron chi connectivity index (χ4n) is 11.4. The van der Waals surface area contributed by atoms with Crippen molar-refractivity contribution < 1.29 is 14.3 Å². The van der Waals surface area contributed by atoms with Crippen LogP contribution in [0.15, 0.2) is 72.3 Å². The van der Waals surface area contributed by atoms with Crippen LogP contribution >= 0.6 is 0 Å². The maximum Gasteiger partial charge on any atom is 0.309 e. The second-order valence-corrected chi connectivity index (χ2v) is 16.1. The number of hydrogen-bond donors (Lipinski definition) is 1. The van der Waals surface area contributed by atoms with E-state index in [2.05, 4.69) is 33.8 Å². The molecule has 4 nitrogen and oxygen atoms in total. The van der Waals surface area contributed by atoms with Gasteiger partial charge in [-0.2, -0.15) is 0 Å². The highest BCUT2D eigenvalue weighted by molar-refractivity contribution is 5.95.